The molecule has 1 aromatic carbocycles. The summed E-state index contributed by atoms with van der Waals surface area (Å²) in [7, 11) is 1.64. The fourth-order valence-electron chi connectivity index (χ4n) is 2.11. The highest BCUT2D eigenvalue weighted by molar-refractivity contribution is 5.84. The van der Waals surface area contributed by atoms with Crippen LogP contribution in [0.3, 0.4) is 0 Å². The summed E-state index contributed by atoms with van der Waals surface area (Å²) in [5.74, 6) is 0.889. The SMILES string of the molecule is CON=C(CCCc1ccccc1)CC1CC1. The minimum absolute atomic E-state index is 0.889. The van der Waals surface area contributed by atoms with Crippen LogP contribution in [0, 0.1) is 5.92 Å². The number of benzene rings is 1. The van der Waals surface area contributed by atoms with Gasteiger partial charge in [0, 0.05) is 0 Å². The van der Waals surface area contributed by atoms with Crippen molar-refractivity contribution >= 4 is 5.71 Å². The first-order valence-corrected chi connectivity index (χ1v) is 6.51. The Labute approximate surface area is 104 Å². The molecule has 0 saturated heterocycles. The topological polar surface area (TPSA) is 21.6 Å². The van der Waals surface area contributed by atoms with Gasteiger partial charge in [0.15, 0.2) is 0 Å². The van der Waals surface area contributed by atoms with Crippen molar-refractivity contribution in [3.63, 3.8) is 0 Å². The molecule has 1 saturated carbocycles. The monoisotopic (exact) mass is 231 g/mol. The number of hydrogen-bond acceptors (Lipinski definition) is 2. The van der Waals surface area contributed by atoms with E-state index in [1.165, 1.54) is 30.5 Å². The molecule has 0 N–H and O–H groups in total. The molecular formula is C15H21NO. The Morgan fingerprint density at radius 2 is 2.06 bits per heavy atom. The van der Waals surface area contributed by atoms with Crippen LogP contribution in [0.4, 0.5) is 0 Å². The molecule has 0 bridgehead atoms. The average Bonchev–Trinajstić information content (AvgIpc) is 3.15. The van der Waals surface area contributed by atoms with Crippen molar-refractivity contribution in [1.82, 2.24) is 0 Å². The largest absolute Gasteiger partial charge is 0.399 e. The van der Waals surface area contributed by atoms with Gasteiger partial charge in [-0.2, -0.15) is 0 Å². The van der Waals surface area contributed by atoms with E-state index < -0.39 is 0 Å². The molecule has 0 atom stereocenters. The van der Waals surface area contributed by atoms with E-state index in [2.05, 4.69) is 35.5 Å². The molecule has 1 aliphatic carbocycles. The van der Waals surface area contributed by atoms with Crippen LogP contribution in [-0.2, 0) is 11.3 Å². The van der Waals surface area contributed by atoms with Gasteiger partial charge in [-0.25, -0.2) is 0 Å². The Balaban J connectivity index is 1.73. The van der Waals surface area contributed by atoms with Gasteiger partial charge in [0.25, 0.3) is 0 Å². The Bertz CT molecular complexity index is 354. The van der Waals surface area contributed by atoms with E-state index in [0.29, 0.717) is 0 Å². The Hall–Kier alpha value is -1.31. The van der Waals surface area contributed by atoms with Gasteiger partial charge in [0.2, 0.25) is 0 Å². The molecule has 0 aliphatic heterocycles. The van der Waals surface area contributed by atoms with Gasteiger partial charge >= 0.3 is 0 Å². The Morgan fingerprint density at radius 3 is 2.71 bits per heavy atom. The third-order valence-electron chi connectivity index (χ3n) is 3.22. The van der Waals surface area contributed by atoms with E-state index in [-0.39, 0.29) is 0 Å². The molecule has 1 aromatic rings. The van der Waals surface area contributed by atoms with Gasteiger partial charge < -0.3 is 4.84 Å². The quantitative estimate of drug-likeness (QED) is 0.516. The van der Waals surface area contributed by atoms with Crippen LogP contribution in [0.5, 0.6) is 0 Å². The van der Waals surface area contributed by atoms with Gasteiger partial charge in [-0.05, 0) is 50.0 Å². The van der Waals surface area contributed by atoms with E-state index >= 15 is 0 Å². The highest BCUT2D eigenvalue weighted by atomic mass is 16.6. The van der Waals surface area contributed by atoms with Crippen molar-refractivity contribution in [2.24, 2.45) is 11.1 Å². The molecule has 1 aliphatic rings. The lowest BCUT2D eigenvalue weighted by Crippen LogP contribution is -2.01. The van der Waals surface area contributed by atoms with Crippen LogP contribution in [0.2, 0.25) is 0 Å². The van der Waals surface area contributed by atoms with Crippen LogP contribution in [-0.4, -0.2) is 12.8 Å². The summed E-state index contributed by atoms with van der Waals surface area (Å²) in [4.78, 5) is 4.92. The second-order valence-electron chi connectivity index (χ2n) is 4.83. The maximum Gasteiger partial charge on any atom is 0.106 e. The predicted octanol–water partition coefficient (Wildman–Crippen LogP) is 3.81. The summed E-state index contributed by atoms with van der Waals surface area (Å²) >= 11 is 0. The molecule has 0 amide bonds. The molecular weight excluding hydrogens is 210 g/mol. The number of oxime groups is 1. The second kappa shape index (κ2) is 6.43. The van der Waals surface area contributed by atoms with Crippen molar-refractivity contribution in [3.8, 4) is 0 Å². The smallest absolute Gasteiger partial charge is 0.106 e. The molecule has 2 heteroatoms. The highest BCUT2D eigenvalue weighted by Gasteiger charge is 2.23. The van der Waals surface area contributed by atoms with Crippen molar-refractivity contribution in [2.75, 3.05) is 7.11 Å². The third kappa shape index (κ3) is 4.59. The first kappa shape index (κ1) is 12.2. The van der Waals surface area contributed by atoms with E-state index in [4.69, 9.17) is 4.84 Å². The zero-order chi connectivity index (χ0) is 11.9. The second-order valence-corrected chi connectivity index (χ2v) is 4.83. The lowest BCUT2D eigenvalue weighted by molar-refractivity contribution is 0.211. The molecule has 2 rings (SSSR count). The van der Waals surface area contributed by atoms with Crippen LogP contribution < -0.4 is 0 Å². The van der Waals surface area contributed by atoms with Crippen LogP contribution in [0.25, 0.3) is 0 Å². The molecule has 2 nitrogen and oxygen atoms in total. The van der Waals surface area contributed by atoms with Gasteiger partial charge in [0.1, 0.15) is 7.11 Å². The summed E-state index contributed by atoms with van der Waals surface area (Å²) in [6.45, 7) is 0. The molecule has 0 spiro atoms. The molecule has 0 radical (unpaired) electrons. The average molecular weight is 231 g/mol. The van der Waals surface area contributed by atoms with E-state index in [1.807, 2.05) is 0 Å². The zero-order valence-electron chi connectivity index (χ0n) is 10.6. The third-order valence-corrected chi connectivity index (χ3v) is 3.22. The Kier molecular flexibility index (Phi) is 4.60. The van der Waals surface area contributed by atoms with Crippen molar-refractivity contribution < 1.29 is 4.84 Å². The highest BCUT2D eigenvalue weighted by Crippen LogP contribution is 2.33. The van der Waals surface area contributed by atoms with Gasteiger partial charge in [-0.3, -0.25) is 0 Å². The molecule has 0 heterocycles. The summed E-state index contributed by atoms with van der Waals surface area (Å²) < 4.78 is 0. The van der Waals surface area contributed by atoms with Crippen molar-refractivity contribution in [1.29, 1.82) is 0 Å². The summed E-state index contributed by atoms with van der Waals surface area (Å²) in [5, 5.41) is 4.15. The normalized spacial score (nSPS) is 15.9. The maximum absolute atomic E-state index is 4.92. The lowest BCUT2D eigenvalue weighted by Gasteiger charge is -2.05. The number of nitrogens with zero attached hydrogens (tertiary/aromatic N) is 1. The molecule has 1 fully saturated rings. The fraction of sp³-hybridized carbons (Fsp3) is 0.533. The number of rotatable bonds is 7. The lowest BCUT2D eigenvalue weighted by atomic mass is 10.0. The van der Waals surface area contributed by atoms with Crippen molar-refractivity contribution in [2.45, 2.75) is 38.5 Å². The molecule has 17 heavy (non-hydrogen) atoms. The maximum atomic E-state index is 4.92. The molecule has 0 unspecified atom stereocenters. The van der Waals surface area contributed by atoms with Gasteiger partial charge in [0.05, 0.1) is 5.71 Å². The van der Waals surface area contributed by atoms with Gasteiger partial charge in [-0.1, -0.05) is 35.5 Å². The van der Waals surface area contributed by atoms with E-state index in [9.17, 15) is 0 Å². The fourth-order valence-corrected chi connectivity index (χ4v) is 2.11. The first-order valence-electron chi connectivity index (χ1n) is 6.51. The molecule has 0 aromatic heterocycles. The predicted molar refractivity (Wildman–Crippen MR) is 71.2 cm³/mol. The zero-order valence-corrected chi connectivity index (χ0v) is 10.6. The van der Waals surface area contributed by atoms with Gasteiger partial charge in [-0.15, -0.1) is 0 Å². The number of hydrogen-bond donors (Lipinski definition) is 0. The minimum atomic E-state index is 0.889. The van der Waals surface area contributed by atoms with Crippen molar-refractivity contribution in [3.05, 3.63) is 35.9 Å². The Morgan fingerprint density at radius 1 is 1.29 bits per heavy atom. The summed E-state index contributed by atoms with van der Waals surface area (Å²) in [6, 6.07) is 10.6. The van der Waals surface area contributed by atoms with Crippen LogP contribution >= 0.6 is 0 Å². The molecule has 92 valence electrons. The van der Waals surface area contributed by atoms with Crippen LogP contribution in [0.15, 0.2) is 35.5 Å². The summed E-state index contributed by atoms with van der Waals surface area (Å²) in [6.07, 6.45) is 7.26. The standard InChI is InChI=1S/C15H21NO/c1-17-16-15(12-14-10-11-14)9-5-8-13-6-3-2-4-7-13/h2-4,6-7,14H,5,8-12H2,1H3. The van der Waals surface area contributed by atoms with E-state index in [0.717, 1.165) is 25.2 Å². The van der Waals surface area contributed by atoms with E-state index in [1.54, 1.807) is 7.11 Å². The summed E-state index contributed by atoms with van der Waals surface area (Å²) in [5.41, 5.74) is 2.65. The number of aryl methyl sites for hydroxylation is 1. The first-order chi connectivity index (χ1) is 8.38. The van der Waals surface area contributed by atoms with Crippen LogP contribution in [0.1, 0.15) is 37.7 Å². The minimum Gasteiger partial charge on any atom is -0.399 e.